The fraction of sp³-hybridized carbons (Fsp3) is 0.429. The quantitative estimate of drug-likeness (QED) is 0.682. The average molecular weight is 220 g/mol. The summed E-state index contributed by atoms with van der Waals surface area (Å²) < 4.78 is 26.6. The molecule has 0 aromatic heterocycles. The predicted octanol–water partition coefficient (Wildman–Crippen LogP) is 3.67. The van der Waals surface area contributed by atoms with Crippen LogP contribution in [-0.4, -0.2) is 5.92 Å². The molecular weight excluding hydrogens is 206 g/mol. The van der Waals surface area contributed by atoms with Crippen molar-refractivity contribution in [2.24, 2.45) is 5.92 Å². The van der Waals surface area contributed by atoms with Crippen LogP contribution in [0, 0.1) is 17.8 Å². The first-order chi connectivity index (χ1) is 7.66. The largest absolute Gasteiger partial charge is 0.308 e. The first-order valence-corrected chi connectivity index (χ1v) is 5.60. The Bertz CT molecular complexity index is 394. The number of hydrogen-bond donors (Lipinski definition) is 0. The van der Waals surface area contributed by atoms with Gasteiger partial charge in [0.25, 0.3) is 0 Å². The lowest BCUT2D eigenvalue weighted by Gasteiger charge is -2.08. The molecule has 0 spiro atoms. The van der Waals surface area contributed by atoms with Crippen LogP contribution in [0.3, 0.4) is 0 Å². The fourth-order valence-corrected chi connectivity index (χ4v) is 1.44. The van der Waals surface area contributed by atoms with E-state index in [9.17, 15) is 8.78 Å². The third kappa shape index (κ3) is 3.66. The Kier molecular flexibility index (Phi) is 3.24. The molecule has 0 radical (unpaired) electrons. The second-order valence-electron chi connectivity index (χ2n) is 4.23. The van der Waals surface area contributed by atoms with Gasteiger partial charge in [0.15, 0.2) is 0 Å². The number of aryl methyl sites for hydroxylation is 1. The lowest BCUT2D eigenvalue weighted by molar-refractivity contribution is 0.0569. The molecule has 0 heterocycles. The molecule has 0 saturated heterocycles. The van der Waals surface area contributed by atoms with E-state index in [0.717, 1.165) is 18.4 Å². The molecule has 1 saturated carbocycles. The van der Waals surface area contributed by atoms with Crippen molar-refractivity contribution in [2.75, 3.05) is 0 Å². The Morgan fingerprint density at radius 1 is 1.19 bits per heavy atom. The highest BCUT2D eigenvalue weighted by Gasteiger charge is 2.27. The highest BCUT2D eigenvalue weighted by atomic mass is 19.3. The van der Waals surface area contributed by atoms with E-state index in [-0.39, 0.29) is 12.3 Å². The molecule has 0 unspecified atom stereocenters. The summed E-state index contributed by atoms with van der Waals surface area (Å²) in [5.41, 5.74) is 0.940. The maximum absolute atomic E-state index is 13.3. The summed E-state index contributed by atoms with van der Waals surface area (Å²) in [4.78, 5) is 0. The molecule has 84 valence electrons. The highest BCUT2D eigenvalue weighted by molar-refractivity contribution is 5.18. The Morgan fingerprint density at radius 3 is 2.50 bits per heavy atom. The zero-order valence-electron chi connectivity index (χ0n) is 9.05. The van der Waals surface area contributed by atoms with Crippen molar-refractivity contribution in [3.05, 3.63) is 35.9 Å². The van der Waals surface area contributed by atoms with E-state index in [1.807, 2.05) is 30.3 Å². The number of halogens is 2. The first kappa shape index (κ1) is 11.1. The number of rotatable bonds is 3. The second kappa shape index (κ2) is 4.65. The van der Waals surface area contributed by atoms with Gasteiger partial charge in [-0.3, -0.25) is 0 Å². The molecular formula is C14H14F2. The number of hydrogen-bond acceptors (Lipinski definition) is 0. The van der Waals surface area contributed by atoms with Gasteiger partial charge >= 0.3 is 5.92 Å². The van der Waals surface area contributed by atoms with E-state index in [4.69, 9.17) is 0 Å². The Labute approximate surface area is 94.7 Å². The Morgan fingerprint density at radius 2 is 1.88 bits per heavy atom. The fourth-order valence-electron chi connectivity index (χ4n) is 1.44. The van der Waals surface area contributed by atoms with Crippen LogP contribution in [0.15, 0.2) is 30.3 Å². The third-order valence-electron chi connectivity index (χ3n) is 2.61. The van der Waals surface area contributed by atoms with Gasteiger partial charge in [-0.15, -0.1) is 0 Å². The molecule has 0 aliphatic heterocycles. The first-order valence-electron chi connectivity index (χ1n) is 5.60. The standard InChI is InChI=1S/C14H14F2/c15-14(16,11-9-13-6-7-13)10-8-12-4-2-1-3-5-12/h1-5,13H,6-8,10H2. The average Bonchev–Trinajstić information content (AvgIpc) is 3.09. The van der Waals surface area contributed by atoms with E-state index in [2.05, 4.69) is 11.8 Å². The van der Waals surface area contributed by atoms with Crippen molar-refractivity contribution in [3.8, 4) is 11.8 Å². The SMILES string of the molecule is FC(F)(C#CC1CC1)CCc1ccccc1. The summed E-state index contributed by atoms with van der Waals surface area (Å²) in [7, 11) is 0. The van der Waals surface area contributed by atoms with Gasteiger partial charge in [0, 0.05) is 12.3 Å². The smallest absolute Gasteiger partial charge is 0.192 e. The predicted molar refractivity (Wildman–Crippen MR) is 60.2 cm³/mol. The molecule has 0 amide bonds. The summed E-state index contributed by atoms with van der Waals surface area (Å²) in [5.74, 6) is 2.14. The molecule has 0 bridgehead atoms. The summed E-state index contributed by atoms with van der Waals surface area (Å²) in [6.45, 7) is 0. The summed E-state index contributed by atoms with van der Waals surface area (Å²) >= 11 is 0. The maximum atomic E-state index is 13.3. The molecule has 1 aliphatic carbocycles. The van der Waals surface area contributed by atoms with Crippen molar-refractivity contribution in [1.29, 1.82) is 0 Å². The van der Waals surface area contributed by atoms with Crippen molar-refractivity contribution >= 4 is 0 Å². The van der Waals surface area contributed by atoms with Crippen molar-refractivity contribution in [1.82, 2.24) is 0 Å². The third-order valence-corrected chi connectivity index (χ3v) is 2.61. The van der Waals surface area contributed by atoms with Crippen molar-refractivity contribution < 1.29 is 8.78 Å². The lowest BCUT2D eigenvalue weighted by atomic mass is 10.1. The Balaban J connectivity index is 1.87. The molecule has 1 aliphatic rings. The lowest BCUT2D eigenvalue weighted by Crippen LogP contribution is -2.14. The van der Waals surface area contributed by atoms with Crippen LogP contribution in [0.25, 0.3) is 0 Å². The van der Waals surface area contributed by atoms with Crippen molar-refractivity contribution in [3.63, 3.8) is 0 Å². The number of benzene rings is 1. The minimum absolute atomic E-state index is 0.184. The zero-order chi connectivity index (χ0) is 11.4. The monoisotopic (exact) mass is 220 g/mol. The van der Waals surface area contributed by atoms with E-state index in [0.29, 0.717) is 6.42 Å². The van der Waals surface area contributed by atoms with Gasteiger partial charge < -0.3 is 0 Å². The van der Waals surface area contributed by atoms with Crippen LogP contribution >= 0.6 is 0 Å². The van der Waals surface area contributed by atoms with Crippen LogP contribution in [0.4, 0.5) is 8.78 Å². The minimum Gasteiger partial charge on any atom is -0.192 e. The molecule has 2 heteroatoms. The van der Waals surface area contributed by atoms with Gasteiger partial charge in [-0.1, -0.05) is 36.3 Å². The van der Waals surface area contributed by atoms with Gasteiger partial charge in [-0.2, -0.15) is 8.78 Å². The topological polar surface area (TPSA) is 0 Å². The summed E-state index contributed by atoms with van der Waals surface area (Å²) in [5, 5.41) is 0. The molecule has 1 fully saturated rings. The van der Waals surface area contributed by atoms with Gasteiger partial charge in [0.05, 0.1) is 0 Å². The normalized spacial score (nSPS) is 15.4. The van der Waals surface area contributed by atoms with Crippen LogP contribution in [-0.2, 0) is 6.42 Å². The van der Waals surface area contributed by atoms with E-state index >= 15 is 0 Å². The maximum Gasteiger partial charge on any atom is 0.308 e. The summed E-state index contributed by atoms with van der Waals surface area (Å²) in [6.07, 6.45) is 2.17. The second-order valence-corrected chi connectivity index (χ2v) is 4.23. The van der Waals surface area contributed by atoms with E-state index < -0.39 is 5.92 Å². The van der Waals surface area contributed by atoms with Gasteiger partial charge in [0.1, 0.15) is 0 Å². The summed E-state index contributed by atoms with van der Waals surface area (Å²) in [6, 6.07) is 9.34. The highest BCUT2D eigenvalue weighted by Crippen LogP contribution is 2.29. The molecule has 1 aromatic rings. The molecule has 2 rings (SSSR count). The van der Waals surface area contributed by atoms with E-state index in [1.54, 1.807) is 0 Å². The Hall–Kier alpha value is -1.36. The molecule has 16 heavy (non-hydrogen) atoms. The van der Waals surface area contributed by atoms with Crippen molar-refractivity contribution in [2.45, 2.75) is 31.6 Å². The van der Waals surface area contributed by atoms with E-state index in [1.165, 1.54) is 0 Å². The molecule has 1 aromatic carbocycles. The van der Waals surface area contributed by atoms with Crippen LogP contribution in [0.2, 0.25) is 0 Å². The minimum atomic E-state index is -2.83. The molecule has 0 nitrogen and oxygen atoms in total. The molecule has 0 N–H and O–H groups in total. The number of alkyl halides is 2. The van der Waals surface area contributed by atoms with Crippen LogP contribution in [0.1, 0.15) is 24.8 Å². The molecule has 0 atom stereocenters. The van der Waals surface area contributed by atoms with Crippen LogP contribution in [0.5, 0.6) is 0 Å². The van der Waals surface area contributed by atoms with Gasteiger partial charge in [-0.05, 0) is 30.7 Å². The van der Waals surface area contributed by atoms with Crippen LogP contribution < -0.4 is 0 Å². The zero-order valence-corrected chi connectivity index (χ0v) is 9.05. The van der Waals surface area contributed by atoms with Gasteiger partial charge in [-0.25, -0.2) is 0 Å². The van der Waals surface area contributed by atoms with Gasteiger partial charge in [0.2, 0.25) is 0 Å².